The van der Waals surface area contributed by atoms with Gasteiger partial charge in [0.15, 0.2) is 17.5 Å². The quantitative estimate of drug-likeness (QED) is 0.216. The van der Waals surface area contributed by atoms with Crippen molar-refractivity contribution in [3.63, 3.8) is 0 Å². The lowest BCUT2D eigenvalue weighted by Gasteiger charge is -2.11. The van der Waals surface area contributed by atoms with Crippen LogP contribution in [-0.2, 0) is 0 Å². The molecule has 0 aliphatic heterocycles. The van der Waals surface area contributed by atoms with E-state index in [2.05, 4.69) is 77.4 Å². The average molecular weight is 559 g/mol. The number of fused-ring (bicyclic) bond motifs is 4. The molecule has 0 spiro atoms. The number of para-hydroxylation sites is 2. The number of rotatable bonds is 4. The molecule has 42 heavy (non-hydrogen) atoms. The topological polar surface area (TPSA) is 43.6 Å². The molecule has 0 aliphatic carbocycles. The highest BCUT2D eigenvalue weighted by molar-refractivity contribution is 6.36. The standard InChI is InChI=1S/C37H23ClN4/c38-32-21-20-30(27-15-7-8-16-28(27)32)37-40-35(24-11-3-1-4-12-24)39-36(41-37)25-19-22-34-31(23-25)29-17-9-10-18-33(29)42(34)26-13-5-2-6-14-26/h1-23H. The molecule has 0 atom stereocenters. The third-order valence-electron chi connectivity index (χ3n) is 7.72. The van der Waals surface area contributed by atoms with Crippen LogP contribution < -0.4 is 0 Å². The summed E-state index contributed by atoms with van der Waals surface area (Å²) in [5, 5.41) is 5.00. The Hall–Kier alpha value is -5.32. The largest absolute Gasteiger partial charge is 0.309 e. The molecule has 8 aromatic rings. The Bertz CT molecular complexity index is 2260. The van der Waals surface area contributed by atoms with Crippen LogP contribution in [-0.4, -0.2) is 19.5 Å². The summed E-state index contributed by atoms with van der Waals surface area (Å²) in [5.74, 6) is 1.86. The van der Waals surface area contributed by atoms with E-state index < -0.39 is 0 Å². The van der Waals surface area contributed by atoms with Gasteiger partial charge in [0.2, 0.25) is 0 Å². The molecular formula is C37H23ClN4. The molecule has 198 valence electrons. The summed E-state index contributed by atoms with van der Waals surface area (Å²) < 4.78 is 2.31. The Balaban J connectivity index is 1.38. The van der Waals surface area contributed by atoms with E-state index in [4.69, 9.17) is 26.6 Å². The van der Waals surface area contributed by atoms with Gasteiger partial charge in [-0.2, -0.15) is 0 Å². The van der Waals surface area contributed by atoms with Gasteiger partial charge in [-0.1, -0.05) is 103 Å². The molecule has 0 aliphatic rings. The van der Waals surface area contributed by atoms with Crippen molar-refractivity contribution in [3.05, 3.63) is 145 Å². The van der Waals surface area contributed by atoms with Crippen LogP contribution in [0.25, 0.3) is 72.4 Å². The predicted molar refractivity (Wildman–Crippen MR) is 173 cm³/mol. The molecule has 0 fully saturated rings. The molecule has 6 aromatic carbocycles. The van der Waals surface area contributed by atoms with E-state index in [9.17, 15) is 0 Å². The first-order valence-corrected chi connectivity index (χ1v) is 14.2. The molecule has 0 saturated carbocycles. The van der Waals surface area contributed by atoms with Crippen molar-refractivity contribution in [3.8, 4) is 39.9 Å². The first-order chi connectivity index (χ1) is 20.7. The van der Waals surface area contributed by atoms with Crippen molar-refractivity contribution < 1.29 is 0 Å². The molecule has 4 nitrogen and oxygen atoms in total. The first kappa shape index (κ1) is 24.5. The van der Waals surface area contributed by atoms with Crippen LogP contribution >= 0.6 is 11.6 Å². The minimum absolute atomic E-state index is 0.610. The van der Waals surface area contributed by atoms with Crippen molar-refractivity contribution in [2.24, 2.45) is 0 Å². The highest BCUT2D eigenvalue weighted by atomic mass is 35.5. The zero-order valence-electron chi connectivity index (χ0n) is 22.4. The zero-order chi connectivity index (χ0) is 28.0. The fraction of sp³-hybridized carbons (Fsp3) is 0. The molecule has 0 radical (unpaired) electrons. The van der Waals surface area contributed by atoms with E-state index in [1.165, 1.54) is 5.39 Å². The molecule has 2 heterocycles. The van der Waals surface area contributed by atoms with E-state index >= 15 is 0 Å². The summed E-state index contributed by atoms with van der Waals surface area (Å²) in [7, 11) is 0. The minimum Gasteiger partial charge on any atom is -0.309 e. The normalized spacial score (nSPS) is 11.5. The maximum Gasteiger partial charge on any atom is 0.164 e. The van der Waals surface area contributed by atoms with Crippen molar-refractivity contribution in [1.29, 1.82) is 0 Å². The third kappa shape index (κ3) is 4.04. The number of halogens is 1. The van der Waals surface area contributed by atoms with Crippen molar-refractivity contribution in [2.45, 2.75) is 0 Å². The van der Waals surface area contributed by atoms with Crippen molar-refractivity contribution in [2.75, 3.05) is 0 Å². The summed E-state index contributed by atoms with van der Waals surface area (Å²) in [6.07, 6.45) is 0. The van der Waals surface area contributed by atoms with Crippen molar-refractivity contribution >= 4 is 44.2 Å². The SMILES string of the molecule is Clc1ccc(-c2nc(-c3ccccc3)nc(-c3ccc4c(c3)c3ccccc3n4-c3ccccc3)n2)c2ccccc12. The molecule has 2 aromatic heterocycles. The summed E-state index contributed by atoms with van der Waals surface area (Å²) in [6, 6.07) is 47.5. The van der Waals surface area contributed by atoms with Crippen LogP contribution in [0.1, 0.15) is 0 Å². The second kappa shape index (κ2) is 9.95. The number of nitrogens with zero attached hydrogens (tertiary/aromatic N) is 4. The maximum atomic E-state index is 6.57. The zero-order valence-corrected chi connectivity index (χ0v) is 23.2. The monoisotopic (exact) mass is 558 g/mol. The molecule has 0 amide bonds. The lowest BCUT2D eigenvalue weighted by molar-refractivity contribution is 1.08. The highest BCUT2D eigenvalue weighted by Gasteiger charge is 2.17. The lowest BCUT2D eigenvalue weighted by Crippen LogP contribution is -2.00. The van der Waals surface area contributed by atoms with Crippen LogP contribution in [0.5, 0.6) is 0 Å². The van der Waals surface area contributed by atoms with Crippen molar-refractivity contribution in [1.82, 2.24) is 19.5 Å². The molecule has 5 heteroatoms. The molecule has 0 saturated heterocycles. The summed E-state index contributed by atoms with van der Waals surface area (Å²) >= 11 is 6.57. The lowest BCUT2D eigenvalue weighted by atomic mass is 10.0. The van der Waals surface area contributed by atoms with E-state index in [1.807, 2.05) is 66.7 Å². The van der Waals surface area contributed by atoms with Gasteiger partial charge in [-0.05, 0) is 53.9 Å². The van der Waals surface area contributed by atoms with Crippen LogP contribution in [0.15, 0.2) is 140 Å². The van der Waals surface area contributed by atoms with E-state index in [-0.39, 0.29) is 0 Å². The first-order valence-electron chi connectivity index (χ1n) is 13.8. The van der Waals surface area contributed by atoms with Crippen LogP contribution in [0, 0.1) is 0 Å². The van der Waals surface area contributed by atoms with Gasteiger partial charge >= 0.3 is 0 Å². The molecule has 0 unspecified atom stereocenters. The summed E-state index contributed by atoms with van der Waals surface area (Å²) in [4.78, 5) is 15.0. The number of benzene rings is 6. The van der Waals surface area contributed by atoms with E-state index in [0.717, 1.165) is 49.6 Å². The maximum absolute atomic E-state index is 6.57. The number of hydrogen-bond acceptors (Lipinski definition) is 3. The Kier molecular flexibility index (Phi) is 5.80. The van der Waals surface area contributed by atoms with Gasteiger partial charge in [0.25, 0.3) is 0 Å². The minimum atomic E-state index is 0.610. The second-order valence-electron chi connectivity index (χ2n) is 10.2. The Labute approximate surface area is 247 Å². The number of aromatic nitrogens is 4. The number of hydrogen-bond donors (Lipinski definition) is 0. The molecule has 8 rings (SSSR count). The van der Waals surface area contributed by atoms with Gasteiger partial charge in [-0.15, -0.1) is 0 Å². The van der Waals surface area contributed by atoms with E-state index in [0.29, 0.717) is 22.5 Å². The summed E-state index contributed by atoms with van der Waals surface area (Å²) in [6.45, 7) is 0. The van der Waals surface area contributed by atoms with Gasteiger partial charge in [0.1, 0.15) is 0 Å². The van der Waals surface area contributed by atoms with Gasteiger partial charge < -0.3 is 4.57 Å². The second-order valence-corrected chi connectivity index (χ2v) is 10.6. The van der Waals surface area contributed by atoms with Crippen LogP contribution in [0.3, 0.4) is 0 Å². The molecule has 0 N–H and O–H groups in total. The Morgan fingerprint density at radius 3 is 1.81 bits per heavy atom. The van der Waals surface area contributed by atoms with Crippen LogP contribution in [0.2, 0.25) is 5.02 Å². The fourth-order valence-corrected chi connectivity index (χ4v) is 5.99. The molecular weight excluding hydrogens is 536 g/mol. The van der Waals surface area contributed by atoms with Gasteiger partial charge in [-0.25, -0.2) is 15.0 Å². The summed E-state index contributed by atoms with van der Waals surface area (Å²) in [5.41, 5.74) is 6.19. The average Bonchev–Trinajstić information content (AvgIpc) is 3.39. The molecule has 0 bridgehead atoms. The van der Waals surface area contributed by atoms with Gasteiger partial charge in [0, 0.05) is 43.6 Å². The smallest absolute Gasteiger partial charge is 0.164 e. The van der Waals surface area contributed by atoms with Gasteiger partial charge in [-0.3, -0.25) is 0 Å². The van der Waals surface area contributed by atoms with E-state index in [1.54, 1.807) is 0 Å². The highest BCUT2D eigenvalue weighted by Crippen LogP contribution is 2.36. The Morgan fingerprint density at radius 1 is 0.429 bits per heavy atom. The third-order valence-corrected chi connectivity index (χ3v) is 8.05. The van der Waals surface area contributed by atoms with Gasteiger partial charge in [0.05, 0.1) is 11.0 Å². The predicted octanol–water partition coefficient (Wildman–Crippen LogP) is 9.78. The Morgan fingerprint density at radius 2 is 1.02 bits per heavy atom. The fourth-order valence-electron chi connectivity index (χ4n) is 5.77. The van der Waals surface area contributed by atoms with Crippen LogP contribution in [0.4, 0.5) is 0 Å².